The van der Waals surface area contributed by atoms with Crippen molar-refractivity contribution < 1.29 is 23.5 Å². The zero-order valence-corrected chi connectivity index (χ0v) is 12.9. The average molecular weight is 346 g/mol. The fourth-order valence-electron chi connectivity index (χ4n) is 2.00. The number of ether oxygens (including phenoxy) is 1. The first-order valence-corrected chi connectivity index (χ1v) is 7.09. The summed E-state index contributed by atoms with van der Waals surface area (Å²) in [4.78, 5) is 14.5. The summed E-state index contributed by atoms with van der Waals surface area (Å²) in [6.07, 6.45) is 1.33. The molecule has 0 radical (unpaired) electrons. The molecule has 3 rings (SSSR count). The first-order chi connectivity index (χ1) is 11.9. The molecule has 0 unspecified atom stereocenters. The number of amides is 1. The van der Waals surface area contributed by atoms with E-state index in [0.29, 0.717) is 11.4 Å². The second-order valence-corrected chi connectivity index (χ2v) is 5.02. The van der Waals surface area contributed by atoms with Crippen LogP contribution in [0.4, 0.5) is 19.4 Å². The SMILES string of the molecule is Cc1ncc(-n2ccc(Oc3ccc(N(F)C(=O)O)cc3)n2)cc1F. The molecule has 7 nitrogen and oxygen atoms in total. The number of aromatic nitrogens is 3. The number of nitrogens with zero attached hydrogens (tertiary/aromatic N) is 4. The molecule has 0 aliphatic rings. The van der Waals surface area contributed by atoms with Gasteiger partial charge in [0.2, 0.25) is 5.88 Å². The lowest BCUT2D eigenvalue weighted by atomic mass is 10.3. The molecule has 0 saturated heterocycles. The van der Waals surface area contributed by atoms with E-state index < -0.39 is 17.0 Å². The topological polar surface area (TPSA) is 80.5 Å². The van der Waals surface area contributed by atoms with Gasteiger partial charge in [0.05, 0.1) is 23.3 Å². The Morgan fingerprint density at radius 3 is 2.64 bits per heavy atom. The maximum absolute atomic E-state index is 13.6. The first kappa shape index (κ1) is 16.4. The molecule has 1 aromatic carbocycles. The Morgan fingerprint density at radius 2 is 2.00 bits per heavy atom. The van der Waals surface area contributed by atoms with E-state index in [1.54, 1.807) is 19.2 Å². The summed E-state index contributed by atoms with van der Waals surface area (Å²) in [7, 11) is 0. The minimum absolute atomic E-state index is 0.147. The standard InChI is InChI=1S/C16H12F2N4O3/c1-10-14(17)8-12(9-19-10)21-7-6-15(20-21)25-13-4-2-11(3-5-13)22(18)16(23)24/h2-9H,1H3,(H,23,24). The maximum Gasteiger partial charge on any atom is 0.440 e. The molecule has 25 heavy (non-hydrogen) atoms. The molecule has 0 fully saturated rings. The number of rotatable bonds is 4. The van der Waals surface area contributed by atoms with Crippen LogP contribution in [-0.2, 0) is 0 Å². The Balaban J connectivity index is 1.75. The molecule has 1 amide bonds. The molecular weight excluding hydrogens is 334 g/mol. The van der Waals surface area contributed by atoms with Crippen molar-refractivity contribution in [3.05, 3.63) is 60.3 Å². The zero-order chi connectivity index (χ0) is 18.0. The van der Waals surface area contributed by atoms with Crippen LogP contribution in [0, 0.1) is 12.7 Å². The largest absolute Gasteiger partial charge is 0.463 e. The van der Waals surface area contributed by atoms with Crippen LogP contribution in [0.25, 0.3) is 5.69 Å². The molecule has 128 valence electrons. The third kappa shape index (κ3) is 3.55. The molecule has 0 atom stereocenters. The number of anilines is 1. The Hall–Kier alpha value is -3.49. The second-order valence-electron chi connectivity index (χ2n) is 5.02. The van der Waals surface area contributed by atoms with Gasteiger partial charge in [-0.05, 0) is 31.2 Å². The summed E-state index contributed by atoms with van der Waals surface area (Å²) in [5.74, 6) is 0.116. The molecule has 1 N–H and O–H groups in total. The van der Waals surface area contributed by atoms with Crippen LogP contribution >= 0.6 is 0 Å². The molecule has 0 aliphatic heterocycles. The Morgan fingerprint density at radius 1 is 1.28 bits per heavy atom. The molecule has 9 heteroatoms. The summed E-state index contributed by atoms with van der Waals surface area (Å²) >= 11 is 0. The minimum atomic E-state index is -1.72. The number of pyridine rings is 1. The second kappa shape index (κ2) is 6.56. The van der Waals surface area contributed by atoms with E-state index >= 15 is 0 Å². The van der Waals surface area contributed by atoms with Crippen molar-refractivity contribution in [1.82, 2.24) is 14.8 Å². The summed E-state index contributed by atoms with van der Waals surface area (Å²) in [6.45, 7) is 1.56. The Labute approximate surface area is 140 Å². The quantitative estimate of drug-likeness (QED) is 0.725. The van der Waals surface area contributed by atoms with Gasteiger partial charge in [-0.3, -0.25) is 4.98 Å². The van der Waals surface area contributed by atoms with E-state index in [2.05, 4.69) is 10.1 Å². The first-order valence-electron chi connectivity index (χ1n) is 7.09. The van der Waals surface area contributed by atoms with E-state index in [9.17, 15) is 13.7 Å². The van der Waals surface area contributed by atoms with E-state index in [1.165, 1.54) is 41.2 Å². The van der Waals surface area contributed by atoms with Gasteiger partial charge in [0.25, 0.3) is 0 Å². The molecular formula is C16H12F2N4O3. The fourth-order valence-corrected chi connectivity index (χ4v) is 2.00. The summed E-state index contributed by atoms with van der Waals surface area (Å²) < 4.78 is 33.7. The van der Waals surface area contributed by atoms with Crippen LogP contribution in [-0.4, -0.2) is 26.0 Å². The van der Waals surface area contributed by atoms with Gasteiger partial charge in [0.1, 0.15) is 11.6 Å². The van der Waals surface area contributed by atoms with Crippen molar-refractivity contribution in [1.29, 1.82) is 0 Å². The van der Waals surface area contributed by atoms with Gasteiger partial charge in [-0.2, -0.15) is 0 Å². The van der Waals surface area contributed by atoms with Crippen LogP contribution in [0.3, 0.4) is 0 Å². The normalized spacial score (nSPS) is 10.5. The van der Waals surface area contributed by atoms with Crippen LogP contribution < -0.4 is 9.86 Å². The minimum Gasteiger partial charge on any atom is -0.463 e. The number of carbonyl (C=O) groups is 1. The molecule has 0 saturated carbocycles. The van der Waals surface area contributed by atoms with E-state index in [1.807, 2.05) is 0 Å². The zero-order valence-electron chi connectivity index (χ0n) is 12.9. The van der Waals surface area contributed by atoms with Crippen LogP contribution in [0.5, 0.6) is 11.6 Å². The van der Waals surface area contributed by atoms with Crippen molar-refractivity contribution in [3.63, 3.8) is 0 Å². The third-order valence-corrected chi connectivity index (χ3v) is 3.29. The lowest BCUT2D eigenvalue weighted by Gasteiger charge is -2.08. The summed E-state index contributed by atoms with van der Waals surface area (Å²) in [6, 6.07) is 8.16. The Bertz CT molecular complexity index is 912. The van der Waals surface area contributed by atoms with E-state index in [0.717, 1.165) is 0 Å². The van der Waals surface area contributed by atoms with Gasteiger partial charge in [0.15, 0.2) is 0 Å². The van der Waals surface area contributed by atoms with Gasteiger partial charge >= 0.3 is 6.09 Å². The Kier molecular flexibility index (Phi) is 4.29. The molecule has 0 bridgehead atoms. The molecule has 0 aliphatic carbocycles. The molecule has 3 aromatic rings. The smallest absolute Gasteiger partial charge is 0.440 e. The summed E-state index contributed by atoms with van der Waals surface area (Å²) in [5.41, 5.74) is 0.574. The van der Waals surface area contributed by atoms with Crippen LogP contribution in [0.15, 0.2) is 48.8 Å². The third-order valence-electron chi connectivity index (χ3n) is 3.29. The van der Waals surface area contributed by atoms with Gasteiger partial charge in [0, 0.05) is 18.3 Å². The highest BCUT2D eigenvalue weighted by Gasteiger charge is 2.13. The van der Waals surface area contributed by atoms with Gasteiger partial charge < -0.3 is 9.84 Å². The number of carboxylic acid groups (broad SMARTS) is 1. The summed E-state index contributed by atoms with van der Waals surface area (Å²) in [5, 5.41) is 12.3. The average Bonchev–Trinajstić information content (AvgIpc) is 3.06. The van der Waals surface area contributed by atoms with E-state index in [-0.39, 0.29) is 17.3 Å². The van der Waals surface area contributed by atoms with Crippen molar-refractivity contribution in [2.24, 2.45) is 0 Å². The van der Waals surface area contributed by atoms with Crippen molar-refractivity contribution in [2.75, 3.05) is 5.12 Å². The molecule has 2 aromatic heterocycles. The number of aryl methyl sites for hydroxylation is 1. The highest BCUT2D eigenvalue weighted by Crippen LogP contribution is 2.24. The van der Waals surface area contributed by atoms with Crippen LogP contribution in [0.2, 0.25) is 0 Å². The van der Waals surface area contributed by atoms with Crippen molar-refractivity contribution >= 4 is 11.8 Å². The number of hydrogen-bond donors (Lipinski definition) is 1. The lowest BCUT2D eigenvalue weighted by Crippen LogP contribution is -2.18. The number of halogens is 2. The highest BCUT2D eigenvalue weighted by atomic mass is 19.2. The van der Waals surface area contributed by atoms with Gasteiger partial charge in [-0.15, -0.1) is 10.2 Å². The number of hydrogen-bond acceptors (Lipinski definition) is 4. The van der Waals surface area contributed by atoms with Crippen molar-refractivity contribution in [3.8, 4) is 17.3 Å². The monoisotopic (exact) mass is 346 g/mol. The highest BCUT2D eigenvalue weighted by molar-refractivity contribution is 5.83. The number of benzene rings is 1. The van der Waals surface area contributed by atoms with Gasteiger partial charge in [-0.1, -0.05) is 4.48 Å². The molecule has 2 heterocycles. The van der Waals surface area contributed by atoms with Crippen LogP contribution in [0.1, 0.15) is 5.69 Å². The van der Waals surface area contributed by atoms with Gasteiger partial charge in [-0.25, -0.2) is 13.9 Å². The molecule has 0 spiro atoms. The van der Waals surface area contributed by atoms with Crippen molar-refractivity contribution in [2.45, 2.75) is 6.92 Å². The predicted octanol–water partition coefficient (Wildman–Crippen LogP) is 3.88. The van der Waals surface area contributed by atoms with E-state index in [4.69, 9.17) is 9.84 Å². The fraction of sp³-hybridized carbons (Fsp3) is 0.0625. The maximum atomic E-state index is 13.6. The predicted molar refractivity (Wildman–Crippen MR) is 84.2 cm³/mol. The lowest BCUT2D eigenvalue weighted by molar-refractivity contribution is 0.186.